The van der Waals surface area contributed by atoms with Crippen molar-refractivity contribution in [2.75, 3.05) is 24.4 Å². The Morgan fingerprint density at radius 2 is 2.24 bits per heavy atom. The first-order chi connectivity index (χ1) is 8.21. The van der Waals surface area contributed by atoms with Gasteiger partial charge >= 0.3 is 0 Å². The Morgan fingerprint density at radius 1 is 1.47 bits per heavy atom. The summed E-state index contributed by atoms with van der Waals surface area (Å²) in [5.74, 6) is 1.39. The van der Waals surface area contributed by atoms with Gasteiger partial charge in [-0.25, -0.2) is 9.97 Å². The van der Waals surface area contributed by atoms with Gasteiger partial charge in [0.2, 0.25) is 0 Å². The van der Waals surface area contributed by atoms with E-state index < -0.39 is 0 Å². The third-order valence-electron chi connectivity index (χ3n) is 2.34. The summed E-state index contributed by atoms with van der Waals surface area (Å²) < 4.78 is 0. The molecule has 1 unspecified atom stereocenters. The van der Waals surface area contributed by atoms with Gasteiger partial charge in [-0.1, -0.05) is 6.92 Å². The van der Waals surface area contributed by atoms with Gasteiger partial charge in [-0.3, -0.25) is 4.79 Å². The lowest BCUT2D eigenvalue weighted by Crippen LogP contribution is -2.36. The number of hydrogen-bond acceptors (Lipinski definition) is 5. The van der Waals surface area contributed by atoms with Crippen molar-refractivity contribution in [3.8, 4) is 0 Å². The molecule has 0 fully saturated rings. The van der Waals surface area contributed by atoms with Crippen LogP contribution < -0.4 is 10.6 Å². The molecule has 5 nitrogen and oxygen atoms in total. The van der Waals surface area contributed by atoms with Crippen molar-refractivity contribution < 1.29 is 4.79 Å². The molecule has 0 radical (unpaired) electrons. The van der Waals surface area contributed by atoms with Gasteiger partial charge in [0.25, 0.3) is 5.91 Å². The molecule has 1 amide bonds. The molecule has 0 aliphatic rings. The van der Waals surface area contributed by atoms with E-state index in [4.69, 9.17) is 0 Å². The minimum Gasteiger partial charge on any atom is -0.372 e. The average Bonchev–Trinajstić information content (AvgIpc) is 2.38. The number of nitrogens with zero attached hydrogens (tertiary/aromatic N) is 2. The number of nitrogens with one attached hydrogen (secondary N) is 2. The fourth-order valence-corrected chi connectivity index (χ4v) is 2.02. The van der Waals surface area contributed by atoms with Crippen molar-refractivity contribution in [1.29, 1.82) is 0 Å². The average molecular weight is 254 g/mol. The highest BCUT2D eigenvalue weighted by molar-refractivity contribution is 7.98. The minimum atomic E-state index is -0.166. The summed E-state index contributed by atoms with van der Waals surface area (Å²) >= 11 is 1.72. The number of carbonyl (C=O) groups is 1. The Bertz CT molecular complexity index is 355. The first kappa shape index (κ1) is 13.8. The van der Waals surface area contributed by atoms with Crippen molar-refractivity contribution >= 4 is 23.5 Å². The number of rotatable bonds is 6. The van der Waals surface area contributed by atoms with E-state index in [1.807, 2.05) is 6.26 Å². The summed E-state index contributed by atoms with van der Waals surface area (Å²) in [6.07, 6.45) is 5.96. The lowest BCUT2D eigenvalue weighted by Gasteiger charge is -2.15. The summed E-state index contributed by atoms with van der Waals surface area (Å²) in [6, 6.07) is 0.184. The molecule has 6 heteroatoms. The Kier molecular flexibility index (Phi) is 5.76. The third kappa shape index (κ3) is 4.22. The van der Waals surface area contributed by atoms with E-state index in [0.717, 1.165) is 12.2 Å². The van der Waals surface area contributed by atoms with Gasteiger partial charge in [0.15, 0.2) is 0 Å². The van der Waals surface area contributed by atoms with E-state index in [2.05, 4.69) is 27.5 Å². The topological polar surface area (TPSA) is 66.9 Å². The Hall–Kier alpha value is -1.30. The van der Waals surface area contributed by atoms with Gasteiger partial charge in [0.05, 0.1) is 12.4 Å². The first-order valence-electron chi connectivity index (χ1n) is 5.50. The van der Waals surface area contributed by atoms with E-state index in [1.54, 1.807) is 25.0 Å². The van der Waals surface area contributed by atoms with Crippen LogP contribution in [0.3, 0.4) is 0 Å². The van der Waals surface area contributed by atoms with Crippen LogP contribution in [0.15, 0.2) is 12.4 Å². The van der Waals surface area contributed by atoms with Crippen molar-refractivity contribution in [3.63, 3.8) is 0 Å². The lowest BCUT2D eigenvalue weighted by molar-refractivity contribution is 0.0934. The summed E-state index contributed by atoms with van der Waals surface area (Å²) in [5, 5.41) is 5.80. The Morgan fingerprint density at radius 3 is 2.71 bits per heavy atom. The predicted octanol–water partition coefficient (Wildman–Crippen LogP) is 1.39. The molecule has 94 valence electrons. The second-order valence-electron chi connectivity index (χ2n) is 3.57. The van der Waals surface area contributed by atoms with Gasteiger partial charge in [0.1, 0.15) is 11.5 Å². The lowest BCUT2D eigenvalue weighted by atomic mass is 10.2. The molecule has 1 atom stereocenters. The molecule has 0 aliphatic carbocycles. The number of hydrogen-bond donors (Lipinski definition) is 2. The zero-order valence-electron chi connectivity index (χ0n) is 10.4. The van der Waals surface area contributed by atoms with Crippen LogP contribution in [0.2, 0.25) is 0 Å². The van der Waals surface area contributed by atoms with Gasteiger partial charge in [-0.15, -0.1) is 0 Å². The molecule has 1 rings (SSSR count). The van der Waals surface area contributed by atoms with Crippen molar-refractivity contribution in [3.05, 3.63) is 18.1 Å². The molecule has 17 heavy (non-hydrogen) atoms. The second-order valence-corrected chi connectivity index (χ2v) is 4.48. The maximum absolute atomic E-state index is 11.8. The molecular weight excluding hydrogens is 236 g/mol. The second kappa shape index (κ2) is 7.11. The number of aromatic nitrogens is 2. The standard InChI is InChI=1S/C11H18N4OS/c1-4-8(7-17-3)15-11(16)9-5-14-10(12-2)6-13-9/h5-6,8H,4,7H2,1-3H3,(H,12,14)(H,15,16). The normalized spacial score (nSPS) is 11.9. The maximum atomic E-state index is 11.8. The number of carbonyl (C=O) groups excluding carboxylic acids is 1. The predicted molar refractivity (Wildman–Crippen MR) is 71.5 cm³/mol. The summed E-state index contributed by atoms with van der Waals surface area (Å²) in [6.45, 7) is 2.05. The van der Waals surface area contributed by atoms with Crippen LogP contribution in [0.25, 0.3) is 0 Å². The van der Waals surface area contributed by atoms with Crippen LogP contribution >= 0.6 is 11.8 Å². The molecule has 0 spiro atoms. The van der Waals surface area contributed by atoms with Crippen LogP contribution in [0, 0.1) is 0 Å². The smallest absolute Gasteiger partial charge is 0.271 e. The number of anilines is 1. The highest BCUT2D eigenvalue weighted by Crippen LogP contribution is 2.04. The summed E-state index contributed by atoms with van der Waals surface area (Å²) in [4.78, 5) is 20.0. The summed E-state index contributed by atoms with van der Waals surface area (Å²) in [5.41, 5.74) is 0.351. The molecule has 0 bridgehead atoms. The SMILES string of the molecule is CCC(CSC)NC(=O)c1cnc(NC)cn1. The molecule has 0 saturated heterocycles. The highest BCUT2D eigenvalue weighted by atomic mass is 32.2. The molecule has 1 aromatic rings. The quantitative estimate of drug-likeness (QED) is 0.803. The Balaban J connectivity index is 2.62. The Labute approximate surface area is 106 Å². The molecule has 0 aliphatic heterocycles. The van der Waals surface area contributed by atoms with Crippen molar-refractivity contribution in [2.45, 2.75) is 19.4 Å². The fraction of sp³-hybridized carbons (Fsp3) is 0.545. The van der Waals surface area contributed by atoms with Gasteiger partial charge in [-0.05, 0) is 12.7 Å². The molecule has 2 N–H and O–H groups in total. The zero-order valence-corrected chi connectivity index (χ0v) is 11.2. The molecule has 0 saturated carbocycles. The largest absolute Gasteiger partial charge is 0.372 e. The first-order valence-corrected chi connectivity index (χ1v) is 6.90. The van der Waals surface area contributed by atoms with Crippen molar-refractivity contribution in [2.24, 2.45) is 0 Å². The fourth-order valence-electron chi connectivity index (χ4n) is 1.30. The van der Waals surface area contributed by atoms with E-state index in [1.165, 1.54) is 6.20 Å². The highest BCUT2D eigenvalue weighted by Gasteiger charge is 2.12. The van der Waals surface area contributed by atoms with Gasteiger partial charge < -0.3 is 10.6 Å². The van der Waals surface area contributed by atoms with Gasteiger partial charge in [0, 0.05) is 18.8 Å². The minimum absolute atomic E-state index is 0.166. The van der Waals surface area contributed by atoms with E-state index >= 15 is 0 Å². The van der Waals surface area contributed by atoms with Crippen LogP contribution in [-0.2, 0) is 0 Å². The van der Waals surface area contributed by atoms with Gasteiger partial charge in [-0.2, -0.15) is 11.8 Å². The molecule has 0 aromatic carbocycles. The number of amides is 1. The monoisotopic (exact) mass is 254 g/mol. The maximum Gasteiger partial charge on any atom is 0.271 e. The summed E-state index contributed by atoms with van der Waals surface area (Å²) in [7, 11) is 1.76. The van der Waals surface area contributed by atoms with Crippen LogP contribution in [0.5, 0.6) is 0 Å². The van der Waals surface area contributed by atoms with E-state index in [-0.39, 0.29) is 11.9 Å². The third-order valence-corrected chi connectivity index (χ3v) is 3.07. The van der Waals surface area contributed by atoms with E-state index in [9.17, 15) is 4.79 Å². The molecule has 1 heterocycles. The van der Waals surface area contributed by atoms with Crippen molar-refractivity contribution in [1.82, 2.24) is 15.3 Å². The zero-order chi connectivity index (χ0) is 12.7. The molecular formula is C11H18N4OS. The molecule has 1 aromatic heterocycles. The van der Waals surface area contributed by atoms with Crippen LogP contribution in [0.1, 0.15) is 23.8 Å². The van der Waals surface area contributed by atoms with Crippen LogP contribution in [0.4, 0.5) is 5.82 Å². The van der Waals surface area contributed by atoms with E-state index in [0.29, 0.717) is 11.5 Å². The van der Waals surface area contributed by atoms with Crippen LogP contribution in [-0.4, -0.2) is 41.0 Å². The number of thioether (sulfide) groups is 1.